The Hall–Kier alpha value is -1.07. The number of nitrogens with one attached hydrogen (secondary N) is 1. The standard InChI is InChI=1S/C16H25NO3S/c1-20-16-5-3-4-13(11-16)10-14(8-9-21(2,18)19)12-17-15-6-7-15/h3-5,11,14-15,17H,6-10,12H2,1-2H3. The fourth-order valence-electron chi connectivity index (χ4n) is 2.41. The van der Waals surface area contributed by atoms with Crippen molar-refractivity contribution in [3.05, 3.63) is 29.8 Å². The maximum Gasteiger partial charge on any atom is 0.147 e. The van der Waals surface area contributed by atoms with Crippen molar-refractivity contribution in [1.82, 2.24) is 5.32 Å². The number of ether oxygens (including phenoxy) is 1. The molecular weight excluding hydrogens is 286 g/mol. The molecule has 4 nitrogen and oxygen atoms in total. The van der Waals surface area contributed by atoms with Gasteiger partial charge in [-0.2, -0.15) is 0 Å². The van der Waals surface area contributed by atoms with E-state index in [4.69, 9.17) is 4.74 Å². The first-order valence-corrected chi connectivity index (χ1v) is 9.56. The highest BCUT2D eigenvalue weighted by molar-refractivity contribution is 7.90. The van der Waals surface area contributed by atoms with E-state index < -0.39 is 9.84 Å². The largest absolute Gasteiger partial charge is 0.497 e. The first kappa shape index (κ1) is 16.3. The lowest BCUT2D eigenvalue weighted by atomic mass is 9.96. The minimum atomic E-state index is -2.90. The van der Waals surface area contributed by atoms with Crippen LogP contribution in [0.3, 0.4) is 0 Å². The zero-order chi connectivity index (χ0) is 15.3. The van der Waals surface area contributed by atoms with Crippen molar-refractivity contribution in [2.24, 2.45) is 5.92 Å². The molecule has 0 aliphatic heterocycles. The summed E-state index contributed by atoms with van der Waals surface area (Å²) >= 11 is 0. The predicted molar refractivity (Wildman–Crippen MR) is 85.5 cm³/mol. The van der Waals surface area contributed by atoms with Gasteiger partial charge < -0.3 is 10.1 Å². The van der Waals surface area contributed by atoms with E-state index in [1.807, 2.05) is 18.2 Å². The maximum absolute atomic E-state index is 11.4. The lowest BCUT2D eigenvalue weighted by Crippen LogP contribution is -2.27. The van der Waals surface area contributed by atoms with Crippen molar-refractivity contribution in [2.45, 2.75) is 31.7 Å². The van der Waals surface area contributed by atoms with E-state index in [1.165, 1.54) is 24.7 Å². The molecule has 0 amide bonds. The SMILES string of the molecule is COc1cccc(CC(CCS(C)(=O)=O)CNC2CC2)c1. The van der Waals surface area contributed by atoms with E-state index in [0.717, 1.165) is 18.7 Å². The number of benzene rings is 1. The van der Waals surface area contributed by atoms with Gasteiger partial charge in [0.1, 0.15) is 15.6 Å². The van der Waals surface area contributed by atoms with Gasteiger partial charge in [0.05, 0.1) is 12.9 Å². The van der Waals surface area contributed by atoms with Gasteiger partial charge in [0, 0.05) is 12.3 Å². The van der Waals surface area contributed by atoms with Gasteiger partial charge in [-0.15, -0.1) is 0 Å². The normalized spacial score (nSPS) is 16.7. The van der Waals surface area contributed by atoms with Crippen LogP contribution in [0.5, 0.6) is 5.75 Å². The number of hydrogen-bond acceptors (Lipinski definition) is 4. The third-order valence-corrected chi connectivity index (χ3v) is 4.81. The summed E-state index contributed by atoms with van der Waals surface area (Å²) in [6.45, 7) is 0.886. The molecule has 1 fully saturated rings. The number of sulfone groups is 1. The quantitative estimate of drug-likeness (QED) is 0.758. The Balaban J connectivity index is 1.95. The van der Waals surface area contributed by atoms with Gasteiger partial charge in [0.2, 0.25) is 0 Å². The fraction of sp³-hybridized carbons (Fsp3) is 0.625. The molecule has 0 heterocycles. The van der Waals surface area contributed by atoms with Crippen molar-refractivity contribution in [3.63, 3.8) is 0 Å². The summed E-state index contributed by atoms with van der Waals surface area (Å²) in [5, 5.41) is 3.52. The summed E-state index contributed by atoms with van der Waals surface area (Å²) in [6, 6.07) is 8.67. The summed E-state index contributed by atoms with van der Waals surface area (Å²) < 4.78 is 28.0. The van der Waals surface area contributed by atoms with Crippen LogP contribution in [0.1, 0.15) is 24.8 Å². The monoisotopic (exact) mass is 311 g/mol. The third-order valence-electron chi connectivity index (χ3n) is 3.83. The lowest BCUT2D eigenvalue weighted by molar-refractivity contribution is 0.412. The maximum atomic E-state index is 11.4. The first-order chi connectivity index (χ1) is 9.96. The molecule has 21 heavy (non-hydrogen) atoms. The van der Waals surface area contributed by atoms with Crippen LogP contribution in [0, 0.1) is 5.92 Å². The fourth-order valence-corrected chi connectivity index (χ4v) is 3.17. The summed E-state index contributed by atoms with van der Waals surface area (Å²) in [4.78, 5) is 0. The van der Waals surface area contributed by atoms with Gasteiger partial charge in [-0.1, -0.05) is 12.1 Å². The van der Waals surface area contributed by atoms with E-state index in [0.29, 0.717) is 18.4 Å². The molecule has 0 aromatic heterocycles. The molecule has 1 aromatic carbocycles. The van der Waals surface area contributed by atoms with E-state index in [1.54, 1.807) is 7.11 Å². The van der Waals surface area contributed by atoms with E-state index in [2.05, 4.69) is 11.4 Å². The minimum Gasteiger partial charge on any atom is -0.497 e. The lowest BCUT2D eigenvalue weighted by Gasteiger charge is -2.18. The summed E-state index contributed by atoms with van der Waals surface area (Å²) in [6.07, 6.45) is 5.39. The molecular formula is C16H25NO3S. The van der Waals surface area contributed by atoms with Gasteiger partial charge in [-0.3, -0.25) is 0 Å². The van der Waals surface area contributed by atoms with Crippen molar-refractivity contribution < 1.29 is 13.2 Å². The van der Waals surface area contributed by atoms with Crippen LogP contribution in [0.2, 0.25) is 0 Å². The molecule has 2 rings (SSSR count). The minimum absolute atomic E-state index is 0.258. The molecule has 1 aromatic rings. The molecule has 1 N–H and O–H groups in total. The third kappa shape index (κ3) is 6.48. The number of methoxy groups -OCH3 is 1. The molecule has 0 saturated heterocycles. The van der Waals surface area contributed by atoms with Crippen molar-refractivity contribution in [1.29, 1.82) is 0 Å². The Morgan fingerprint density at radius 2 is 2.14 bits per heavy atom. The molecule has 5 heteroatoms. The summed E-state index contributed by atoms with van der Waals surface area (Å²) in [5.41, 5.74) is 1.20. The van der Waals surface area contributed by atoms with Crippen LogP contribution in [-0.4, -0.2) is 40.1 Å². The van der Waals surface area contributed by atoms with Gasteiger partial charge in [0.15, 0.2) is 0 Å². The molecule has 1 saturated carbocycles. The Bertz CT molecular complexity index is 552. The first-order valence-electron chi connectivity index (χ1n) is 7.50. The Kier molecular flexibility index (Phi) is 5.65. The van der Waals surface area contributed by atoms with Crippen molar-refractivity contribution in [3.8, 4) is 5.75 Å². The van der Waals surface area contributed by atoms with E-state index in [-0.39, 0.29) is 5.75 Å². The highest BCUT2D eigenvalue weighted by Crippen LogP contribution is 2.21. The van der Waals surface area contributed by atoms with Crippen LogP contribution in [-0.2, 0) is 16.3 Å². The van der Waals surface area contributed by atoms with Crippen molar-refractivity contribution >= 4 is 9.84 Å². The molecule has 0 spiro atoms. The number of rotatable bonds is 9. The average molecular weight is 311 g/mol. The highest BCUT2D eigenvalue weighted by Gasteiger charge is 2.22. The van der Waals surface area contributed by atoms with Crippen LogP contribution >= 0.6 is 0 Å². The zero-order valence-electron chi connectivity index (χ0n) is 12.8. The Labute approximate surface area is 127 Å². The van der Waals surface area contributed by atoms with E-state index >= 15 is 0 Å². The highest BCUT2D eigenvalue weighted by atomic mass is 32.2. The number of hydrogen-bond donors (Lipinski definition) is 1. The van der Waals surface area contributed by atoms with Crippen molar-refractivity contribution in [2.75, 3.05) is 25.7 Å². The molecule has 118 valence electrons. The van der Waals surface area contributed by atoms with Gasteiger partial charge in [0.25, 0.3) is 0 Å². The van der Waals surface area contributed by atoms with Gasteiger partial charge >= 0.3 is 0 Å². The zero-order valence-corrected chi connectivity index (χ0v) is 13.7. The Morgan fingerprint density at radius 3 is 2.76 bits per heavy atom. The molecule has 1 aliphatic rings. The summed E-state index contributed by atoms with van der Waals surface area (Å²) in [7, 11) is -1.24. The smallest absolute Gasteiger partial charge is 0.147 e. The molecule has 0 bridgehead atoms. The summed E-state index contributed by atoms with van der Waals surface area (Å²) in [5.74, 6) is 1.45. The van der Waals surface area contributed by atoms with Crippen LogP contribution in [0.15, 0.2) is 24.3 Å². The van der Waals surface area contributed by atoms with Crippen LogP contribution < -0.4 is 10.1 Å². The van der Waals surface area contributed by atoms with Gasteiger partial charge in [-0.25, -0.2) is 8.42 Å². The second-order valence-electron chi connectivity index (χ2n) is 6.02. The average Bonchev–Trinajstić information content (AvgIpc) is 3.25. The predicted octanol–water partition coefficient (Wildman–Crippen LogP) is 2.04. The Morgan fingerprint density at radius 1 is 1.38 bits per heavy atom. The van der Waals surface area contributed by atoms with E-state index in [9.17, 15) is 8.42 Å². The molecule has 1 unspecified atom stereocenters. The van der Waals surface area contributed by atoms with Crippen LogP contribution in [0.25, 0.3) is 0 Å². The second-order valence-corrected chi connectivity index (χ2v) is 8.28. The van der Waals surface area contributed by atoms with Crippen LogP contribution in [0.4, 0.5) is 0 Å². The topological polar surface area (TPSA) is 55.4 Å². The van der Waals surface area contributed by atoms with Gasteiger partial charge in [-0.05, 0) is 55.8 Å². The molecule has 0 radical (unpaired) electrons. The molecule has 1 atom stereocenters. The molecule has 1 aliphatic carbocycles. The second kappa shape index (κ2) is 7.27.